The van der Waals surface area contributed by atoms with Crippen LogP contribution in [0.4, 0.5) is 0 Å². The molecule has 0 fully saturated rings. The lowest BCUT2D eigenvalue weighted by atomic mass is 10.2. The maximum atomic E-state index is 3.45. The van der Waals surface area contributed by atoms with E-state index in [1.807, 2.05) is 0 Å². The third kappa shape index (κ3) is 3.98. The molecule has 0 atom stereocenters. The second-order valence-corrected chi connectivity index (χ2v) is 4.27. The molecule has 0 aliphatic heterocycles. The monoisotopic (exact) mass is 208 g/mol. The van der Waals surface area contributed by atoms with Crippen LogP contribution in [-0.4, -0.2) is 11.2 Å². The van der Waals surface area contributed by atoms with Crippen LogP contribution in [0.5, 0.6) is 0 Å². The third-order valence-corrected chi connectivity index (χ3v) is 2.82. The molecule has 0 amide bonds. The molecule has 0 saturated carbocycles. The van der Waals surface area contributed by atoms with Gasteiger partial charge in [0, 0.05) is 17.9 Å². The number of nitrogens with zero attached hydrogens (tertiary/aromatic N) is 1. The Morgan fingerprint density at radius 1 is 1.00 bits per heavy atom. The number of unbranched alkanes of at least 4 members (excludes halogenated alkanes) is 4. The second-order valence-electron chi connectivity index (χ2n) is 4.27. The predicted octanol–water partition coefficient (Wildman–Crippen LogP) is 3.62. The molecule has 1 N–H and O–H groups in total. The molecule has 0 aromatic carbocycles. The van der Waals surface area contributed by atoms with E-state index in [0.29, 0.717) is 0 Å². The van der Waals surface area contributed by atoms with Crippen molar-refractivity contribution in [2.75, 3.05) is 12.0 Å². The highest BCUT2D eigenvalue weighted by Gasteiger charge is 1.98. The zero-order valence-corrected chi connectivity index (χ0v) is 10.3. The highest BCUT2D eigenvalue weighted by atomic mass is 15.4. The molecular weight excluding hydrogens is 184 g/mol. The molecule has 0 radical (unpaired) electrons. The van der Waals surface area contributed by atoms with Crippen LogP contribution in [0.2, 0.25) is 0 Å². The number of aromatic nitrogens is 1. The van der Waals surface area contributed by atoms with E-state index in [1.165, 1.54) is 43.5 Å². The van der Waals surface area contributed by atoms with Crippen LogP contribution in [0.1, 0.15) is 50.4 Å². The van der Waals surface area contributed by atoms with E-state index < -0.39 is 0 Å². The quantitative estimate of drug-likeness (QED) is 0.677. The maximum Gasteiger partial charge on any atom is 0.0366 e. The summed E-state index contributed by atoms with van der Waals surface area (Å²) in [6.07, 6.45) is 6.70. The zero-order chi connectivity index (χ0) is 11.1. The molecule has 2 nitrogen and oxygen atoms in total. The van der Waals surface area contributed by atoms with Gasteiger partial charge in [0.15, 0.2) is 0 Å². The first-order valence-electron chi connectivity index (χ1n) is 6.14. The van der Waals surface area contributed by atoms with E-state index in [4.69, 9.17) is 0 Å². The van der Waals surface area contributed by atoms with E-state index in [2.05, 4.69) is 43.0 Å². The average molecular weight is 208 g/mol. The van der Waals surface area contributed by atoms with E-state index in [-0.39, 0.29) is 0 Å². The summed E-state index contributed by atoms with van der Waals surface area (Å²) in [5.74, 6) is 0. The third-order valence-electron chi connectivity index (χ3n) is 2.82. The topological polar surface area (TPSA) is 17.0 Å². The lowest BCUT2D eigenvalue weighted by molar-refractivity contribution is 0.627. The van der Waals surface area contributed by atoms with E-state index >= 15 is 0 Å². The van der Waals surface area contributed by atoms with Gasteiger partial charge in [-0.25, -0.2) is 0 Å². The molecule has 0 unspecified atom stereocenters. The maximum absolute atomic E-state index is 3.45. The fourth-order valence-electron chi connectivity index (χ4n) is 1.84. The lowest BCUT2D eigenvalue weighted by Gasteiger charge is -2.12. The zero-order valence-electron chi connectivity index (χ0n) is 10.3. The van der Waals surface area contributed by atoms with E-state index in [0.717, 1.165) is 6.54 Å². The molecule has 1 aromatic heterocycles. The Morgan fingerprint density at radius 2 is 1.60 bits per heavy atom. The summed E-state index contributed by atoms with van der Waals surface area (Å²) < 4.78 is 2.18. The van der Waals surface area contributed by atoms with Crippen molar-refractivity contribution in [3.05, 3.63) is 23.5 Å². The molecule has 86 valence electrons. The Kier molecular flexibility index (Phi) is 5.30. The first-order valence-corrected chi connectivity index (χ1v) is 6.14. The molecule has 0 aliphatic rings. The highest BCUT2D eigenvalue weighted by Crippen LogP contribution is 2.05. The summed E-state index contributed by atoms with van der Waals surface area (Å²) in [5.41, 5.74) is 6.04. The van der Waals surface area contributed by atoms with Gasteiger partial charge >= 0.3 is 0 Å². The molecule has 0 spiro atoms. The van der Waals surface area contributed by atoms with E-state index in [1.54, 1.807) is 0 Å². The van der Waals surface area contributed by atoms with Crippen LogP contribution in [0.15, 0.2) is 12.1 Å². The molecule has 0 saturated heterocycles. The van der Waals surface area contributed by atoms with Crippen LogP contribution < -0.4 is 5.43 Å². The highest BCUT2D eigenvalue weighted by molar-refractivity contribution is 5.15. The molecule has 1 heterocycles. The molecule has 1 rings (SSSR count). The SMILES string of the molecule is CCCCCCCNn1c(C)ccc1C. The molecule has 2 heteroatoms. The summed E-state index contributed by atoms with van der Waals surface area (Å²) in [6.45, 7) is 7.61. The van der Waals surface area contributed by atoms with Gasteiger partial charge in [-0.15, -0.1) is 0 Å². The molecule has 0 bridgehead atoms. The lowest BCUT2D eigenvalue weighted by Crippen LogP contribution is -2.18. The van der Waals surface area contributed by atoms with Gasteiger partial charge in [-0.2, -0.15) is 0 Å². The van der Waals surface area contributed by atoms with Crippen LogP contribution in [0, 0.1) is 13.8 Å². The number of hydrogen-bond acceptors (Lipinski definition) is 1. The Morgan fingerprint density at radius 3 is 2.20 bits per heavy atom. The molecule has 15 heavy (non-hydrogen) atoms. The smallest absolute Gasteiger partial charge is 0.0366 e. The van der Waals surface area contributed by atoms with Gasteiger partial charge in [0.2, 0.25) is 0 Å². The van der Waals surface area contributed by atoms with Gasteiger partial charge in [-0.3, -0.25) is 4.68 Å². The fraction of sp³-hybridized carbons (Fsp3) is 0.692. The van der Waals surface area contributed by atoms with Gasteiger partial charge < -0.3 is 5.43 Å². The summed E-state index contributed by atoms with van der Waals surface area (Å²) in [7, 11) is 0. The van der Waals surface area contributed by atoms with Crippen molar-refractivity contribution in [1.29, 1.82) is 0 Å². The number of aryl methyl sites for hydroxylation is 2. The van der Waals surface area contributed by atoms with Crippen LogP contribution in [0.3, 0.4) is 0 Å². The van der Waals surface area contributed by atoms with Crippen molar-refractivity contribution in [3.63, 3.8) is 0 Å². The van der Waals surface area contributed by atoms with Crippen molar-refractivity contribution in [2.45, 2.75) is 52.9 Å². The first-order chi connectivity index (χ1) is 7.25. The van der Waals surface area contributed by atoms with Crippen LogP contribution in [0.25, 0.3) is 0 Å². The second kappa shape index (κ2) is 6.54. The Hall–Kier alpha value is -0.920. The fourth-order valence-corrected chi connectivity index (χ4v) is 1.84. The molecular formula is C13H24N2. The summed E-state index contributed by atoms with van der Waals surface area (Å²) in [6, 6.07) is 4.30. The largest absolute Gasteiger partial charge is 0.326 e. The molecule has 1 aromatic rings. The van der Waals surface area contributed by atoms with Crippen molar-refractivity contribution >= 4 is 0 Å². The predicted molar refractivity (Wildman–Crippen MR) is 66.9 cm³/mol. The number of hydrogen-bond donors (Lipinski definition) is 1. The normalized spacial score (nSPS) is 10.6. The number of rotatable bonds is 7. The van der Waals surface area contributed by atoms with Crippen LogP contribution in [-0.2, 0) is 0 Å². The Balaban J connectivity index is 2.15. The Bertz CT molecular complexity index is 257. The average Bonchev–Trinajstić information content (AvgIpc) is 2.54. The van der Waals surface area contributed by atoms with Gasteiger partial charge in [-0.1, -0.05) is 32.6 Å². The van der Waals surface area contributed by atoms with Crippen molar-refractivity contribution in [1.82, 2.24) is 4.68 Å². The first kappa shape index (κ1) is 12.2. The van der Waals surface area contributed by atoms with Crippen molar-refractivity contribution in [3.8, 4) is 0 Å². The summed E-state index contributed by atoms with van der Waals surface area (Å²) in [5, 5.41) is 0. The Labute approximate surface area is 93.7 Å². The van der Waals surface area contributed by atoms with Gasteiger partial charge in [0.05, 0.1) is 0 Å². The minimum Gasteiger partial charge on any atom is -0.326 e. The van der Waals surface area contributed by atoms with E-state index in [9.17, 15) is 0 Å². The van der Waals surface area contributed by atoms with Gasteiger partial charge in [0.25, 0.3) is 0 Å². The minimum atomic E-state index is 1.08. The van der Waals surface area contributed by atoms with Crippen molar-refractivity contribution < 1.29 is 0 Å². The van der Waals surface area contributed by atoms with Gasteiger partial charge in [-0.05, 0) is 32.4 Å². The van der Waals surface area contributed by atoms with Crippen molar-refractivity contribution in [2.24, 2.45) is 0 Å². The van der Waals surface area contributed by atoms with Crippen LogP contribution >= 0.6 is 0 Å². The molecule has 0 aliphatic carbocycles. The summed E-state index contributed by atoms with van der Waals surface area (Å²) >= 11 is 0. The standard InChI is InChI=1S/C13H24N2/c1-4-5-6-7-8-11-14-15-12(2)9-10-13(15)3/h9-10,14H,4-8,11H2,1-3H3. The minimum absolute atomic E-state index is 1.08. The van der Waals surface area contributed by atoms with Gasteiger partial charge in [0.1, 0.15) is 0 Å². The number of nitrogens with one attached hydrogen (secondary N) is 1. The summed E-state index contributed by atoms with van der Waals surface area (Å²) in [4.78, 5) is 0.